The maximum Gasteiger partial charge on any atom is 0.436 e. The van der Waals surface area contributed by atoms with Crippen molar-refractivity contribution in [3.63, 3.8) is 0 Å². The predicted molar refractivity (Wildman–Crippen MR) is 90.8 cm³/mol. The molecule has 1 aromatic carbocycles. The fourth-order valence-corrected chi connectivity index (χ4v) is 3.37. The Labute approximate surface area is 158 Å². The lowest BCUT2D eigenvalue weighted by Crippen LogP contribution is -2.48. The first-order valence-electron chi connectivity index (χ1n) is 8.22. The highest BCUT2D eigenvalue weighted by atomic mass is 35.5. The van der Waals surface area contributed by atoms with Gasteiger partial charge in [-0.1, -0.05) is 23.7 Å². The molecule has 1 fully saturated rings. The van der Waals surface area contributed by atoms with Gasteiger partial charge in [0.2, 0.25) is 0 Å². The smallest absolute Gasteiger partial charge is 0.335 e. The van der Waals surface area contributed by atoms with Crippen LogP contribution in [0, 0.1) is 5.82 Å². The average molecular weight is 405 g/mol. The highest BCUT2D eigenvalue weighted by molar-refractivity contribution is 6.34. The van der Waals surface area contributed by atoms with E-state index in [0.29, 0.717) is 32.7 Å². The Kier molecular flexibility index (Phi) is 5.43. The van der Waals surface area contributed by atoms with Crippen molar-refractivity contribution >= 4 is 17.5 Å². The molecule has 1 aliphatic rings. The third-order valence-corrected chi connectivity index (χ3v) is 4.80. The number of aromatic nitrogens is 2. The topological polar surface area (TPSA) is 41.4 Å². The lowest BCUT2D eigenvalue weighted by molar-refractivity contribution is -0.141. The summed E-state index contributed by atoms with van der Waals surface area (Å²) in [5.41, 5.74) is -0.582. The highest BCUT2D eigenvalue weighted by Gasteiger charge is 2.40. The first-order valence-corrected chi connectivity index (χ1v) is 8.60. The van der Waals surface area contributed by atoms with E-state index in [4.69, 9.17) is 11.6 Å². The van der Waals surface area contributed by atoms with Gasteiger partial charge in [-0.2, -0.15) is 18.3 Å². The molecule has 0 saturated carbocycles. The molecule has 1 saturated heterocycles. The van der Waals surface area contributed by atoms with E-state index in [1.54, 1.807) is 12.1 Å². The Morgan fingerprint density at radius 1 is 1.15 bits per heavy atom. The SMILES string of the molecule is Cn1nc(C(F)(F)F)c(Cl)c1C(=O)N1CCN(Cc2ccc(F)cc2)CC1. The van der Waals surface area contributed by atoms with Crippen LogP contribution in [-0.2, 0) is 19.8 Å². The summed E-state index contributed by atoms with van der Waals surface area (Å²) >= 11 is 5.79. The first kappa shape index (κ1) is 19.6. The van der Waals surface area contributed by atoms with Crippen LogP contribution in [0.2, 0.25) is 5.02 Å². The van der Waals surface area contributed by atoms with Crippen molar-refractivity contribution in [2.45, 2.75) is 12.7 Å². The van der Waals surface area contributed by atoms with Gasteiger partial charge in [0, 0.05) is 39.8 Å². The Morgan fingerprint density at radius 3 is 2.26 bits per heavy atom. The number of carbonyl (C=O) groups is 1. The quantitative estimate of drug-likeness (QED) is 0.738. The van der Waals surface area contributed by atoms with E-state index < -0.39 is 22.8 Å². The summed E-state index contributed by atoms with van der Waals surface area (Å²) in [5, 5.41) is 2.67. The lowest BCUT2D eigenvalue weighted by atomic mass is 10.2. The van der Waals surface area contributed by atoms with Gasteiger partial charge in [0.15, 0.2) is 5.69 Å². The van der Waals surface area contributed by atoms with Gasteiger partial charge in [0.25, 0.3) is 5.91 Å². The number of amides is 1. The van der Waals surface area contributed by atoms with Crippen molar-refractivity contribution in [1.82, 2.24) is 19.6 Å². The van der Waals surface area contributed by atoms with E-state index in [1.807, 2.05) is 0 Å². The third-order valence-electron chi connectivity index (χ3n) is 4.44. The first-order chi connectivity index (χ1) is 12.7. The zero-order valence-electron chi connectivity index (χ0n) is 14.4. The normalized spacial score (nSPS) is 16.0. The summed E-state index contributed by atoms with van der Waals surface area (Å²) in [5.74, 6) is -0.882. The number of alkyl halides is 3. The molecule has 0 atom stereocenters. The van der Waals surface area contributed by atoms with Crippen LogP contribution in [0.15, 0.2) is 24.3 Å². The fourth-order valence-electron chi connectivity index (χ4n) is 3.02. The van der Waals surface area contributed by atoms with Crippen LogP contribution in [0.3, 0.4) is 0 Å². The number of halogens is 5. The minimum atomic E-state index is -4.72. The minimum absolute atomic E-state index is 0.268. The van der Waals surface area contributed by atoms with E-state index in [9.17, 15) is 22.4 Å². The Bertz CT molecular complexity index is 827. The summed E-state index contributed by atoms with van der Waals surface area (Å²) in [6, 6.07) is 6.16. The van der Waals surface area contributed by atoms with Gasteiger partial charge in [-0.3, -0.25) is 14.4 Å². The maximum absolute atomic E-state index is 13.0. The lowest BCUT2D eigenvalue weighted by Gasteiger charge is -2.34. The molecule has 1 aromatic heterocycles. The number of carbonyl (C=O) groups excluding carboxylic acids is 1. The van der Waals surface area contributed by atoms with Crippen molar-refractivity contribution in [3.05, 3.63) is 52.1 Å². The highest BCUT2D eigenvalue weighted by Crippen LogP contribution is 2.35. The van der Waals surface area contributed by atoms with E-state index in [0.717, 1.165) is 10.2 Å². The molecule has 0 unspecified atom stereocenters. The van der Waals surface area contributed by atoms with Crippen molar-refractivity contribution in [2.75, 3.05) is 26.2 Å². The summed E-state index contributed by atoms with van der Waals surface area (Å²) in [7, 11) is 1.26. The maximum atomic E-state index is 13.0. The average Bonchev–Trinajstić information content (AvgIpc) is 2.92. The number of aryl methyl sites for hydroxylation is 1. The Hall–Kier alpha value is -2.13. The van der Waals surface area contributed by atoms with Crippen LogP contribution in [0.4, 0.5) is 17.6 Å². The Balaban J connectivity index is 1.65. The number of nitrogens with zero attached hydrogens (tertiary/aromatic N) is 4. The molecule has 2 heterocycles. The second kappa shape index (κ2) is 7.47. The molecule has 0 bridgehead atoms. The second-order valence-electron chi connectivity index (χ2n) is 6.33. The van der Waals surface area contributed by atoms with Crippen LogP contribution < -0.4 is 0 Å². The molecule has 1 amide bonds. The van der Waals surface area contributed by atoms with Crippen LogP contribution in [0.5, 0.6) is 0 Å². The summed E-state index contributed by atoms with van der Waals surface area (Å²) in [6.45, 7) is 2.40. The minimum Gasteiger partial charge on any atom is -0.335 e. The third kappa shape index (κ3) is 4.24. The zero-order valence-corrected chi connectivity index (χ0v) is 15.2. The molecule has 27 heavy (non-hydrogen) atoms. The summed E-state index contributed by atoms with van der Waals surface area (Å²) in [4.78, 5) is 16.2. The van der Waals surface area contributed by atoms with Crippen molar-refractivity contribution in [2.24, 2.45) is 7.05 Å². The van der Waals surface area contributed by atoms with E-state index in [2.05, 4.69) is 10.00 Å². The summed E-state index contributed by atoms with van der Waals surface area (Å²) in [6.07, 6.45) is -4.72. The van der Waals surface area contributed by atoms with Gasteiger partial charge in [0.1, 0.15) is 16.5 Å². The van der Waals surface area contributed by atoms with Gasteiger partial charge < -0.3 is 4.90 Å². The number of piperazine rings is 1. The number of rotatable bonds is 3. The van der Waals surface area contributed by atoms with Crippen molar-refractivity contribution in [3.8, 4) is 0 Å². The van der Waals surface area contributed by atoms with Crippen molar-refractivity contribution < 1.29 is 22.4 Å². The molecular weight excluding hydrogens is 388 g/mol. The molecule has 0 radical (unpaired) electrons. The van der Waals surface area contributed by atoms with Gasteiger partial charge in [0.05, 0.1) is 0 Å². The van der Waals surface area contributed by atoms with Gasteiger partial charge in [-0.15, -0.1) is 0 Å². The van der Waals surface area contributed by atoms with E-state index in [-0.39, 0.29) is 11.5 Å². The molecule has 5 nitrogen and oxygen atoms in total. The monoisotopic (exact) mass is 404 g/mol. The van der Waals surface area contributed by atoms with Gasteiger partial charge in [-0.25, -0.2) is 4.39 Å². The van der Waals surface area contributed by atoms with Crippen LogP contribution in [0.25, 0.3) is 0 Å². The molecule has 2 aromatic rings. The van der Waals surface area contributed by atoms with Crippen LogP contribution >= 0.6 is 11.6 Å². The van der Waals surface area contributed by atoms with Crippen LogP contribution in [0.1, 0.15) is 21.7 Å². The molecule has 146 valence electrons. The predicted octanol–water partition coefficient (Wildman–Crippen LogP) is 3.19. The molecule has 10 heteroatoms. The van der Waals surface area contributed by atoms with Crippen molar-refractivity contribution in [1.29, 1.82) is 0 Å². The van der Waals surface area contributed by atoms with Crippen LogP contribution in [-0.4, -0.2) is 51.7 Å². The number of hydrogen-bond acceptors (Lipinski definition) is 3. The zero-order chi connectivity index (χ0) is 19.8. The van der Waals surface area contributed by atoms with Gasteiger partial charge in [-0.05, 0) is 17.7 Å². The van der Waals surface area contributed by atoms with Gasteiger partial charge >= 0.3 is 6.18 Å². The molecule has 0 aliphatic carbocycles. The molecule has 0 N–H and O–H groups in total. The van der Waals surface area contributed by atoms with E-state index in [1.165, 1.54) is 24.1 Å². The molecule has 3 rings (SSSR count). The molecule has 1 aliphatic heterocycles. The standard InChI is InChI=1S/C17H17ClF4N4O/c1-24-14(13(18)15(23-24)17(20,21)22)16(27)26-8-6-25(7-9-26)10-11-2-4-12(19)5-3-11/h2-5H,6-10H2,1H3. The number of hydrogen-bond donors (Lipinski definition) is 0. The second-order valence-corrected chi connectivity index (χ2v) is 6.71. The fraction of sp³-hybridized carbons (Fsp3) is 0.412. The van der Waals surface area contributed by atoms with E-state index >= 15 is 0 Å². The molecule has 0 spiro atoms. The summed E-state index contributed by atoms with van der Waals surface area (Å²) < 4.78 is 52.6. The number of benzene rings is 1. The Morgan fingerprint density at radius 2 is 1.74 bits per heavy atom. The molecular formula is C17H17ClF4N4O. The largest absolute Gasteiger partial charge is 0.436 e.